The lowest BCUT2D eigenvalue weighted by atomic mass is 9.94. The Bertz CT molecular complexity index is 853. The van der Waals surface area contributed by atoms with E-state index in [2.05, 4.69) is 11.3 Å². The van der Waals surface area contributed by atoms with Crippen LogP contribution in [0.4, 0.5) is 0 Å². The fourth-order valence-electron chi connectivity index (χ4n) is 4.04. The van der Waals surface area contributed by atoms with Gasteiger partial charge in [-0.15, -0.1) is 4.40 Å². The van der Waals surface area contributed by atoms with Gasteiger partial charge in [0.05, 0.1) is 0 Å². The van der Waals surface area contributed by atoms with Gasteiger partial charge in [-0.25, -0.2) is 0 Å². The van der Waals surface area contributed by atoms with Crippen molar-refractivity contribution in [2.24, 2.45) is 16.2 Å². The van der Waals surface area contributed by atoms with Crippen molar-refractivity contribution >= 4 is 21.8 Å². The van der Waals surface area contributed by atoms with Crippen molar-refractivity contribution in [3.8, 4) is 0 Å². The van der Waals surface area contributed by atoms with E-state index < -0.39 is 10.0 Å². The van der Waals surface area contributed by atoms with E-state index in [1.54, 1.807) is 18.2 Å². The summed E-state index contributed by atoms with van der Waals surface area (Å²) in [5.74, 6) is 1.45. The second kappa shape index (κ2) is 6.37. The van der Waals surface area contributed by atoms with Crippen molar-refractivity contribution in [1.29, 1.82) is 0 Å². The average molecular weight is 375 g/mol. The monoisotopic (exact) mass is 375 g/mol. The maximum atomic E-state index is 12.8. The molecule has 140 valence electrons. The normalized spacial score (nSPS) is 23.3. The predicted octanol–water partition coefficient (Wildman–Crippen LogP) is 2.10. The second-order valence-electron chi connectivity index (χ2n) is 7.67. The molecule has 6 nitrogen and oxygen atoms in total. The van der Waals surface area contributed by atoms with Crippen LogP contribution in [0.2, 0.25) is 0 Å². The molecule has 0 bridgehead atoms. The highest BCUT2D eigenvalue weighted by atomic mass is 32.2. The summed E-state index contributed by atoms with van der Waals surface area (Å²) in [4.78, 5) is 17.0. The standard InChI is InChI=1S/C19H25N3O3S/c1-13(14-7-8-14)21(2)19(23)15-9-11-22(12-10-15)18-16-5-3-4-6-17(16)26(24,25)20-18/h3-6,13-15H,7-12H2,1-2H3. The molecule has 1 aliphatic carbocycles. The van der Waals surface area contributed by atoms with Crippen molar-refractivity contribution in [3.05, 3.63) is 29.8 Å². The summed E-state index contributed by atoms with van der Waals surface area (Å²) in [7, 11) is -1.67. The SMILES string of the molecule is CC(C1CC1)N(C)C(=O)C1CCN(C2=NS(=O)(=O)c3ccccc32)CC1. The summed E-state index contributed by atoms with van der Waals surface area (Å²) < 4.78 is 28.5. The van der Waals surface area contributed by atoms with Crippen LogP contribution in [0.1, 0.15) is 38.2 Å². The quantitative estimate of drug-likeness (QED) is 0.811. The molecule has 1 aromatic rings. The zero-order chi connectivity index (χ0) is 18.5. The van der Waals surface area contributed by atoms with Crippen LogP contribution in [0.5, 0.6) is 0 Å². The maximum absolute atomic E-state index is 12.8. The molecule has 2 heterocycles. The molecular formula is C19H25N3O3S. The summed E-state index contributed by atoms with van der Waals surface area (Å²) >= 11 is 0. The highest BCUT2D eigenvalue weighted by Gasteiger charge is 2.37. The highest BCUT2D eigenvalue weighted by molar-refractivity contribution is 7.90. The number of amidine groups is 1. The third-order valence-electron chi connectivity index (χ3n) is 6.02. The first-order valence-electron chi connectivity index (χ1n) is 9.34. The Labute approximate surface area is 154 Å². The number of fused-ring (bicyclic) bond motifs is 1. The first-order valence-corrected chi connectivity index (χ1v) is 10.8. The largest absolute Gasteiger partial charge is 0.355 e. The Morgan fingerprint density at radius 3 is 2.50 bits per heavy atom. The Kier molecular flexibility index (Phi) is 4.29. The molecule has 1 unspecified atom stereocenters. The first-order chi connectivity index (χ1) is 12.4. The Balaban J connectivity index is 1.44. The van der Waals surface area contributed by atoms with Crippen LogP contribution in [0.25, 0.3) is 0 Å². The topological polar surface area (TPSA) is 70.1 Å². The van der Waals surface area contributed by atoms with Crippen LogP contribution in [0.15, 0.2) is 33.6 Å². The number of sulfonamides is 1. The minimum atomic E-state index is -3.59. The molecule has 1 saturated carbocycles. The van der Waals surface area contributed by atoms with Crippen LogP contribution >= 0.6 is 0 Å². The smallest absolute Gasteiger partial charge is 0.285 e. The van der Waals surface area contributed by atoms with E-state index in [1.807, 2.05) is 22.9 Å². The van der Waals surface area contributed by atoms with Gasteiger partial charge in [-0.3, -0.25) is 4.79 Å². The van der Waals surface area contributed by atoms with Gasteiger partial charge in [0, 0.05) is 37.7 Å². The minimum absolute atomic E-state index is 0.0197. The van der Waals surface area contributed by atoms with Crippen molar-refractivity contribution < 1.29 is 13.2 Å². The Morgan fingerprint density at radius 2 is 1.85 bits per heavy atom. The number of amides is 1. The van der Waals surface area contributed by atoms with Gasteiger partial charge in [0.1, 0.15) is 4.90 Å². The van der Waals surface area contributed by atoms with Gasteiger partial charge in [0.2, 0.25) is 5.91 Å². The van der Waals surface area contributed by atoms with Crippen molar-refractivity contribution in [3.63, 3.8) is 0 Å². The molecule has 7 heteroatoms. The van der Waals surface area contributed by atoms with E-state index in [0.29, 0.717) is 36.4 Å². The van der Waals surface area contributed by atoms with Gasteiger partial charge < -0.3 is 9.80 Å². The number of carbonyl (C=O) groups is 1. The lowest BCUT2D eigenvalue weighted by molar-refractivity contribution is -0.137. The van der Waals surface area contributed by atoms with Crippen molar-refractivity contribution in [2.45, 2.75) is 43.5 Å². The molecular weight excluding hydrogens is 350 g/mol. The summed E-state index contributed by atoms with van der Waals surface area (Å²) in [5, 5.41) is 0. The van der Waals surface area contributed by atoms with Gasteiger partial charge in [-0.05, 0) is 50.7 Å². The van der Waals surface area contributed by atoms with E-state index in [0.717, 1.165) is 12.8 Å². The fraction of sp³-hybridized carbons (Fsp3) is 0.579. The lowest BCUT2D eigenvalue weighted by Crippen LogP contribution is -2.46. The number of likely N-dealkylation sites (tertiary alicyclic amines) is 1. The molecule has 1 atom stereocenters. The molecule has 4 rings (SSSR count). The van der Waals surface area contributed by atoms with Crippen LogP contribution in [0, 0.1) is 11.8 Å². The number of nitrogens with zero attached hydrogens (tertiary/aromatic N) is 3. The van der Waals surface area contributed by atoms with E-state index in [4.69, 9.17) is 0 Å². The van der Waals surface area contributed by atoms with E-state index in [1.165, 1.54) is 12.8 Å². The number of piperidine rings is 1. The second-order valence-corrected chi connectivity index (χ2v) is 9.25. The molecule has 1 amide bonds. The third kappa shape index (κ3) is 3.02. The van der Waals surface area contributed by atoms with Crippen LogP contribution in [0.3, 0.4) is 0 Å². The lowest BCUT2D eigenvalue weighted by Gasteiger charge is -2.35. The summed E-state index contributed by atoms with van der Waals surface area (Å²) in [6.45, 7) is 3.45. The predicted molar refractivity (Wildman–Crippen MR) is 99.4 cm³/mol. The Hall–Kier alpha value is -1.89. The highest BCUT2D eigenvalue weighted by Crippen LogP contribution is 2.36. The fourth-order valence-corrected chi connectivity index (χ4v) is 5.27. The Morgan fingerprint density at radius 1 is 1.19 bits per heavy atom. The molecule has 1 aromatic carbocycles. The zero-order valence-electron chi connectivity index (χ0n) is 15.3. The van der Waals surface area contributed by atoms with Gasteiger partial charge in [-0.1, -0.05) is 12.1 Å². The van der Waals surface area contributed by atoms with Gasteiger partial charge in [0.25, 0.3) is 10.0 Å². The van der Waals surface area contributed by atoms with Crippen LogP contribution in [-0.4, -0.2) is 56.1 Å². The molecule has 0 radical (unpaired) electrons. The third-order valence-corrected chi connectivity index (χ3v) is 7.34. The van der Waals surface area contributed by atoms with E-state index in [-0.39, 0.29) is 16.7 Å². The molecule has 3 aliphatic rings. The number of hydrogen-bond acceptors (Lipinski definition) is 4. The van der Waals surface area contributed by atoms with E-state index >= 15 is 0 Å². The summed E-state index contributed by atoms with van der Waals surface area (Å²) in [5.41, 5.74) is 0.678. The van der Waals surface area contributed by atoms with Crippen molar-refractivity contribution in [2.75, 3.05) is 20.1 Å². The molecule has 0 spiro atoms. The molecule has 2 fully saturated rings. The van der Waals surface area contributed by atoms with Gasteiger partial charge in [0.15, 0.2) is 5.84 Å². The van der Waals surface area contributed by atoms with E-state index in [9.17, 15) is 13.2 Å². The molecule has 0 aromatic heterocycles. The minimum Gasteiger partial charge on any atom is -0.355 e. The molecule has 2 aliphatic heterocycles. The molecule has 0 N–H and O–H groups in total. The number of carbonyl (C=O) groups excluding carboxylic acids is 1. The van der Waals surface area contributed by atoms with Gasteiger partial charge >= 0.3 is 0 Å². The number of rotatable bonds is 3. The summed E-state index contributed by atoms with van der Waals surface area (Å²) in [6.07, 6.45) is 3.93. The number of benzene rings is 1. The maximum Gasteiger partial charge on any atom is 0.285 e. The average Bonchev–Trinajstić information content (AvgIpc) is 3.46. The molecule has 1 saturated heterocycles. The first kappa shape index (κ1) is 17.5. The summed E-state index contributed by atoms with van der Waals surface area (Å²) in [6, 6.07) is 7.28. The molecule has 26 heavy (non-hydrogen) atoms. The van der Waals surface area contributed by atoms with Crippen molar-refractivity contribution in [1.82, 2.24) is 9.80 Å². The zero-order valence-corrected chi connectivity index (χ0v) is 16.1. The number of hydrogen-bond donors (Lipinski definition) is 0. The van der Waals surface area contributed by atoms with Crippen LogP contribution < -0.4 is 0 Å². The van der Waals surface area contributed by atoms with Crippen LogP contribution in [-0.2, 0) is 14.8 Å². The van der Waals surface area contributed by atoms with Gasteiger partial charge in [-0.2, -0.15) is 8.42 Å².